The van der Waals surface area contributed by atoms with Gasteiger partial charge in [0.2, 0.25) is 0 Å². The Morgan fingerprint density at radius 1 is 0.512 bits per heavy atom. The first-order chi connectivity index (χ1) is 58.1. The number of carbonyl (C=O) groups is 4. The van der Waals surface area contributed by atoms with E-state index in [0.29, 0.717) is 61.4 Å². The Morgan fingerprint density at radius 3 is 1.37 bits per heavy atom. The van der Waals surface area contributed by atoms with Gasteiger partial charge >= 0.3 is 19.3 Å². The summed E-state index contributed by atoms with van der Waals surface area (Å²) in [6.07, 6.45) is -1.30. The van der Waals surface area contributed by atoms with Crippen LogP contribution in [0.25, 0.3) is 22.5 Å². The lowest BCUT2D eigenvalue weighted by molar-refractivity contribution is 0.00578. The number of methoxy groups -OCH3 is 3. The maximum Gasteiger partial charge on any atom is 0.495 e. The number of nitrogens with one attached hydrogen (secondary N) is 2. The van der Waals surface area contributed by atoms with Gasteiger partial charge in [-0.25, -0.2) is 62.1 Å². The molecule has 0 spiro atoms. The predicted octanol–water partition coefficient (Wildman–Crippen LogP) is 13.1. The molecular formula is C88H104BClF3N9O20S3. The Kier molecular flexibility index (Phi) is 31.8. The molecule has 6 aromatic carbocycles. The number of rotatable bonds is 23. The smallest absolute Gasteiger partial charge is 0.494 e. The van der Waals surface area contributed by atoms with E-state index in [1.807, 2.05) is 34.6 Å². The fourth-order valence-electron chi connectivity index (χ4n) is 12.7. The van der Waals surface area contributed by atoms with E-state index in [2.05, 4.69) is 25.9 Å². The summed E-state index contributed by atoms with van der Waals surface area (Å²) in [7, 11) is -2.35. The molecule has 0 radical (unpaired) electrons. The first-order valence-corrected chi connectivity index (χ1v) is 45.4. The number of aliphatic imine (C=N–C) groups is 1. The number of hydrogen-bond donors (Lipinski definition) is 2. The van der Waals surface area contributed by atoms with Gasteiger partial charge in [0.15, 0.2) is 80.9 Å². The maximum atomic E-state index is 14.1. The van der Waals surface area contributed by atoms with Crippen LogP contribution >= 0.6 is 11.6 Å². The normalized spacial score (nSPS) is 14.6. The summed E-state index contributed by atoms with van der Waals surface area (Å²) in [5, 5.41) is 18.2. The summed E-state index contributed by atoms with van der Waals surface area (Å²) in [6, 6.07) is 29.2. The molecule has 3 atom stereocenters. The molecule has 670 valence electrons. The van der Waals surface area contributed by atoms with E-state index >= 15 is 0 Å². The Labute approximate surface area is 730 Å². The van der Waals surface area contributed by atoms with Crippen LogP contribution in [0.4, 0.5) is 22.8 Å². The average molecular weight is 1810 g/mol. The van der Waals surface area contributed by atoms with Gasteiger partial charge in [0, 0.05) is 118 Å². The van der Waals surface area contributed by atoms with Gasteiger partial charge in [-0.3, -0.25) is 29.0 Å². The highest BCUT2D eigenvalue weighted by Crippen LogP contribution is 2.40. The quantitative estimate of drug-likeness (QED) is 0.0443. The number of hydrogen-bond acceptors (Lipinski definition) is 24. The molecule has 2 aliphatic rings. The van der Waals surface area contributed by atoms with Crippen LogP contribution in [0.1, 0.15) is 205 Å². The second-order valence-electron chi connectivity index (χ2n) is 32.6. The van der Waals surface area contributed by atoms with Crippen molar-refractivity contribution in [3.8, 4) is 39.8 Å². The Morgan fingerprint density at radius 2 is 0.904 bits per heavy atom. The zero-order chi connectivity index (χ0) is 93.3. The van der Waals surface area contributed by atoms with Gasteiger partial charge in [0.25, 0.3) is 16.7 Å². The number of nitrogens with zero attached hydrogens (tertiary/aromatic N) is 7. The molecule has 3 aromatic heterocycles. The molecule has 3 unspecified atom stereocenters. The first-order valence-electron chi connectivity index (χ1n) is 39.5. The van der Waals surface area contributed by atoms with E-state index in [1.54, 1.807) is 125 Å². The summed E-state index contributed by atoms with van der Waals surface area (Å²) in [4.78, 5) is 92.6. The molecule has 37 heteroatoms. The second kappa shape index (κ2) is 40.0. The summed E-state index contributed by atoms with van der Waals surface area (Å²) in [5.74, 6) is -3.28. The average Bonchev–Trinajstić information content (AvgIpc) is 1.68. The third kappa shape index (κ3) is 25.3. The van der Waals surface area contributed by atoms with Gasteiger partial charge in [-0.15, -0.1) is 0 Å². The van der Waals surface area contributed by atoms with Gasteiger partial charge in [-0.2, -0.15) is 15.3 Å². The summed E-state index contributed by atoms with van der Waals surface area (Å²) in [5.41, 5.74) is 3.94. The number of aromatic nitrogens is 6. The molecule has 2 amide bonds. The number of ketones is 2. The summed E-state index contributed by atoms with van der Waals surface area (Å²) in [6.45, 7) is 27.9. The number of benzene rings is 6. The standard InChI is InChI=1S/C29H34FN3O7S.C24H24FN3O4S.C23H28BFO6S.C12H18ClN3O3/c1-8-41(37,38)16-18-9-11-20(27(35)19-10-12-23(30)24(14-19)39-7)22(13-18)26-21(15-25(34)33(6)32-26)17(2)31-28(36)40-29(3,4)5;1-5-33(30,31)13-15-6-8-17-19(10-15)24-18(12-22(29)28(3)27-24)14(2)26-23(17)16-7-9-20(25)21(11-16)32-4;1-7-32(27,28)14-15-8-10-17(21(26)16-9-11-19(25)20(13-16)29-6)18(12-15)24-30-22(2,3)23(4,5)31-24;1-7(14-11(18)19-12(2,3)4)8-6-9(17)16(5)15-10(8)13/h9-15,17H,8,16H2,1-7H3,(H,31,36);6-12,14H,5,13H2,1-4H3;8-13H,7,14H2,1-6H3;6-7H,1-5H3,(H,14,18). The molecule has 9 aromatic rings. The zero-order valence-electron chi connectivity index (χ0n) is 73.7. The molecule has 0 saturated carbocycles. The minimum Gasteiger partial charge on any atom is -0.494 e. The van der Waals surface area contributed by atoms with Crippen LogP contribution in [0.2, 0.25) is 5.15 Å². The van der Waals surface area contributed by atoms with Gasteiger partial charge in [-0.1, -0.05) is 74.8 Å². The van der Waals surface area contributed by atoms with E-state index in [9.17, 15) is 72.0 Å². The van der Waals surface area contributed by atoms with Crippen molar-refractivity contribution in [1.82, 2.24) is 40.0 Å². The number of aryl methyl sites for hydroxylation is 3. The minimum absolute atomic E-state index is 0.00881. The van der Waals surface area contributed by atoms with Crippen molar-refractivity contribution in [2.45, 2.75) is 169 Å². The highest BCUT2D eigenvalue weighted by molar-refractivity contribution is 7.91. The molecule has 2 N–H and O–H groups in total. The topological polar surface area (TPSA) is 376 Å². The Hall–Kier alpha value is -11.2. The lowest BCUT2D eigenvalue weighted by Crippen LogP contribution is -2.41. The zero-order valence-corrected chi connectivity index (χ0v) is 76.9. The van der Waals surface area contributed by atoms with Crippen LogP contribution in [-0.2, 0) is 86.7 Å². The SMILES string of the molecule is CC(NC(=O)OC(C)(C)C)c1cc(=O)n(C)nc1Cl.CCS(=O)(=O)Cc1ccc(C(=O)c2ccc(F)c(OC)c2)c(-c2nn(C)c(=O)cc2C(C)NC(=O)OC(C)(C)C)c1.CCS(=O)(=O)Cc1ccc(C(=O)c2ccc(F)c(OC)c2)c(B2OC(C)(C)C(C)(C)O2)c1.CCS(=O)(=O)Cc1ccc2c(c1)-c1nn(C)c(=O)cc1C(C)N=C2c1ccc(F)c(OC)c1. The van der Waals surface area contributed by atoms with E-state index < -0.39 is 118 Å². The molecule has 5 heterocycles. The lowest BCUT2D eigenvalue weighted by Gasteiger charge is -2.32. The molecule has 1 saturated heterocycles. The van der Waals surface area contributed by atoms with Gasteiger partial charge in [-0.05, 0) is 179 Å². The van der Waals surface area contributed by atoms with Crippen LogP contribution in [0.15, 0.2) is 147 Å². The molecule has 11 rings (SSSR count). The largest absolute Gasteiger partial charge is 0.495 e. The maximum absolute atomic E-state index is 14.1. The van der Waals surface area contributed by atoms with Crippen molar-refractivity contribution in [2.24, 2.45) is 26.1 Å². The molecule has 125 heavy (non-hydrogen) atoms. The Balaban J connectivity index is 0.000000212. The van der Waals surface area contributed by atoms with Gasteiger partial charge < -0.3 is 43.6 Å². The van der Waals surface area contributed by atoms with E-state index in [-0.39, 0.29) is 113 Å². The number of alkyl carbamates (subject to hydrolysis) is 2. The van der Waals surface area contributed by atoms with Crippen molar-refractivity contribution in [3.63, 3.8) is 0 Å². The number of amides is 2. The van der Waals surface area contributed by atoms with E-state index in [0.717, 1.165) is 15.4 Å². The molecule has 1 fully saturated rings. The number of sulfone groups is 3. The Bertz CT molecular complexity index is 6190. The summed E-state index contributed by atoms with van der Waals surface area (Å²) >= 11 is 5.95. The van der Waals surface area contributed by atoms with Crippen LogP contribution in [0, 0.1) is 17.5 Å². The lowest BCUT2D eigenvalue weighted by atomic mass is 9.73. The van der Waals surface area contributed by atoms with Crippen LogP contribution < -0.4 is 47.0 Å². The second-order valence-corrected chi connectivity index (χ2v) is 40.0. The predicted molar refractivity (Wildman–Crippen MR) is 471 cm³/mol. The summed E-state index contributed by atoms with van der Waals surface area (Å²) < 4.78 is 157. The van der Waals surface area contributed by atoms with Crippen molar-refractivity contribution in [3.05, 3.63) is 248 Å². The van der Waals surface area contributed by atoms with Crippen molar-refractivity contribution < 1.29 is 90.6 Å². The van der Waals surface area contributed by atoms with Gasteiger partial charge in [0.05, 0.1) is 85.0 Å². The highest BCUT2D eigenvalue weighted by atomic mass is 35.5. The van der Waals surface area contributed by atoms with Crippen LogP contribution in [0.5, 0.6) is 17.2 Å². The molecule has 0 bridgehead atoms. The minimum atomic E-state index is -3.44. The molecule has 2 aliphatic heterocycles. The fourth-order valence-corrected chi connectivity index (χ4v) is 15.7. The van der Waals surface area contributed by atoms with Crippen LogP contribution in [-0.4, -0.2) is 152 Å². The number of halogens is 4. The molecule has 29 nitrogen and oxygen atoms in total. The van der Waals surface area contributed by atoms with E-state index in [1.165, 1.54) is 120 Å². The third-order valence-electron chi connectivity index (χ3n) is 20.3. The monoisotopic (exact) mass is 1810 g/mol. The van der Waals surface area contributed by atoms with E-state index in [4.69, 9.17) is 49.6 Å². The third-order valence-corrected chi connectivity index (χ3v) is 25.5. The fraction of sp³-hybridized carbons (Fsp3) is 0.398. The molecule has 0 aliphatic carbocycles. The first kappa shape index (κ1) is 99.3. The molecular weight excluding hydrogens is 1700 g/mol. The van der Waals surface area contributed by atoms with Crippen LogP contribution in [0.3, 0.4) is 0 Å². The number of carbonyl (C=O) groups excluding carboxylic acids is 4. The number of fused-ring (bicyclic) bond motifs is 3. The van der Waals surface area contributed by atoms with Crippen molar-refractivity contribution >= 4 is 83.2 Å². The highest BCUT2D eigenvalue weighted by Gasteiger charge is 2.53. The van der Waals surface area contributed by atoms with Crippen molar-refractivity contribution in [1.29, 1.82) is 0 Å². The van der Waals surface area contributed by atoms with Gasteiger partial charge in [0.1, 0.15) is 11.2 Å². The van der Waals surface area contributed by atoms with Crippen molar-refractivity contribution in [2.75, 3.05) is 38.6 Å². The number of ether oxygens (including phenoxy) is 5.